The fourth-order valence-corrected chi connectivity index (χ4v) is 2.53. The van der Waals surface area contributed by atoms with Gasteiger partial charge in [0.1, 0.15) is 0 Å². The topological polar surface area (TPSA) is 9.23 Å². The molecule has 1 nitrogen and oxygen atoms in total. The Hall–Kier alpha value is -1.90. The first-order valence-corrected chi connectivity index (χ1v) is 8.56. The highest BCUT2D eigenvalue weighted by Gasteiger charge is 2.16. The van der Waals surface area contributed by atoms with E-state index in [9.17, 15) is 8.78 Å². The van der Waals surface area contributed by atoms with Crippen molar-refractivity contribution in [1.29, 1.82) is 0 Å². The van der Waals surface area contributed by atoms with Crippen LogP contribution in [-0.4, -0.2) is 6.61 Å². The minimum absolute atomic E-state index is 0.0141. The van der Waals surface area contributed by atoms with E-state index >= 15 is 0 Å². The first-order chi connectivity index (χ1) is 11.4. The second-order valence-electron chi connectivity index (χ2n) is 6.99. The number of halogens is 2. The van der Waals surface area contributed by atoms with Crippen LogP contribution in [0.4, 0.5) is 8.78 Å². The molecule has 0 spiro atoms. The van der Waals surface area contributed by atoms with Crippen LogP contribution in [-0.2, 0) is 0 Å². The molecule has 0 N–H and O–H groups in total. The van der Waals surface area contributed by atoms with Crippen molar-refractivity contribution in [2.24, 2.45) is 11.8 Å². The van der Waals surface area contributed by atoms with Gasteiger partial charge in [-0.2, -0.15) is 4.39 Å². The van der Waals surface area contributed by atoms with E-state index in [-0.39, 0.29) is 11.3 Å². The number of aryl methyl sites for hydroxylation is 1. The zero-order valence-corrected chi connectivity index (χ0v) is 14.9. The van der Waals surface area contributed by atoms with Gasteiger partial charge in [0.25, 0.3) is 0 Å². The van der Waals surface area contributed by atoms with Crippen molar-refractivity contribution in [1.82, 2.24) is 0 Å². The van der Waals surface area contributed by atoms with Crippen LogP contribution in [0.1, 0.15) is 39.2 Å². The first-order valence-electron chi connectivity index (χ1n) is 8.56. The summed E-state index contributed by atoms with van der Waals surface area (Å²) in [4.78, 5) is 0. The lowest BCUT2D eigenvalue weighted by atomic mass is 10.00. The van der Waals surface area contributed by atoms with Gasteiger partial charge in [0.15, 0.2) is 11.6 Å². The zero-order chi connectivity index (χ0) is 17.7. The molecule has 0 aromatic heterocycles. The largest absolute Gasteiger partial charge is 0.490 e. The Balaban J connectivity index is 2.08. The Morgan fingerprint density at radius 1 is 0.875 bits per heavy atom. The van der Waals surface area contributed by atoms with E-state index in [2.05, 4.69) is 20.8 Å². The molecule has 0 fully saturated rings. The first kappa shape index (κ1) is 18.4. The van der Waals surface area contributed by atoms with Gasteiger partial charge in [0, 0.05) is 5.56 Å². The minimum atomic E-state index is -0.913. The van der Waals surface area contributed by atoms with E-state index in [0.717, 1.165) is 18.4 Å². The number of ether oxygens (including phenoxy) is 1. The van der Waals surface area contributed by atoms with E-state index in [1.54, 1.807) is 18.2 Å². The second-order valence-corrected chi connectivity index (χ2v) is 6.99. The molecule has 3 heteroatoms. The third kappa shape index (κ3) is 4.80. The van der Waals surface area contributed by atoms with Crippen LogP contribution in [0.15, 0.2) is 36.4 Å². The van der Waals surface area contributed by atoms with Gasteiger partial charge in [-0.1, -0.05) is 57.0 Å². The van der Waals surface area contributed by atoms with Crippen LogP contribution >= 0.6 is 0 Å². The molecule has 2 rings (SSSR count). The van der Waals surface area contributed by atoms with Crippen molar-refractivity contribution >= 4 is 0 Å². The number of hydrogen-bond acceptors (Lipinski definition) is 1. The Kier molecular flexibility index (Phi) is 6.36. The van der Waals surface area contributed by atoms with Gasteiger partial charge in [-0.25, -0.2) is 4.39 Å². The maximum absolute atomic E-state index is 14.4. The van der Waals surface area contributed by atoms with Gasteiger partial charge in [-0.05, 0) is 42.9 Å². The number of rotatable bonds is 7. The summed E-state index contributed by atoms with van der Waals surface area (Å²) in [7, 11) is 0. The van der Waals surface area contributed by atoms with Crippen LogP contribution in [0.5, 0.6) is 5.75 Å². The van der Waals surface area contributed by atoms with Crippen molar-refractivity contribution in [3.05, 3.63) is 53.6 Å². The van der Waals surface area contributed by atoms with Gasteiger partial charge in [0.05, 0.1) is 6.61 Å². The lowest BCUT2D eigenvalue weighted by molar-refractivity contribution is 0.233. The van der Waals surface area contributed by atoms with Crippen molar-refractivity contribution in [3.8, 4) is 16.9 Å². The molecule has 130 valence electrons. The highest BCUT2D eigenvalue weighted by atomic mass is 19.2. The average molecular weight is 332 g/mol. The summed E-state index contributed by atoms with van der Waals surface area (Å²) in [6.07, 6.45) is 2.12. The van der Waals surface area contributed by atoms with Gasteiger partial charge in [-0.15, -0.1) is 0 Å². The van der Waals surface area contributed by atoms with Crippen molar-refractivity contribution in [2.45, 2.75) is 40.5 Å². The SMILES string of the molecule is Cc1ccc(-c2ccc(OCC(C)CCC(C)C)c(F)c2F)cc1. The monoisotopic (exact) mass is 332 g/mol. The molecule has 24 heavy (non-hydrogen) atoms. The Morgan fingerprint density at radius 3 is 2.17 bits per heavy atom. The average Bonchev–Trinajstić information content (AvgIpc) is 2.55. The van der Waals surface area contributed by atoms with Crippen molar-refractivity contribution < 1.29 is 13.5 Å². The molecule has 0 saturated heterocycles. The summed E-state index contributed by atoms with van der Waals surface area (Å²) in [5, 5.41) is 0. The maximum atomic E-state index is 14.4. The minimum Gasteiger partial charge on any atom is -0.490 e. The van der Waals surface area contributed by atoms with E-state index in [4.69, 9.17) is 4.74 Å². The van der Waals surface area contributed by atoms with Gasteiger partial charge < -0.3 is 4.74 Å². The normalized spacial score (nSPS) is 12.5. The van der Waals surface area contributed by atoms with E-state index in [1.165, 1.54) is 6.07 Å². The Labute approximate surface area is 143 Å². The number of hydrogen-bond donors (Lipinski definition) is 0. The van der Waals surface area contributed by atoms with Crippen LogP contribution in [0.2, 0.25) is 0 Å². The molecule has 0 aliphatic carbocycles. The summed E-state index contributed by atoms with van der Waals surface area (Å²) in [6.45, 7) is 8.77. The number of benzene rings is 2. The lowest BCUT2D eigenvalue weighted by Crippen LogP contribution is -2.11. The van der Waals surface area contributed by atoms with Gasteiger partial charge >= 0.3 is 0 Å². The third-order valence-corrected chi connectivity index (χ3v) is 4.17. The molecule has 1 atom stereocenters. The molecule has 0 aliphatic rings. The molecule has 0 bridgehead atoms. The summed E-state index contributed by atoms with van der Waals surface area (Å²) in [5.74, 6) is -0.836. The molecular formula is C21H26F2O. The maximum Gasteiger partial charge on any atom is 0.201 e. The van der Waals surface area contributed by atoms with Gasteiger partial charge in [0.2, 0.25) is 5.82 Å². The highest BCUT2D eigenvalue weighted by Crippen LogP contribution is 2.30. The Bertz CT molecular complexity index is 662. The second kappa shape index (κ2) is 8.27. The molecule has 1 unspecified atom stereocenters. The molecule has 2 aromatic rings. The van der Waals surface area contributed by atoms with Crippen molar-refractivity contribution in [2.75, 3.05) is 6.61 Å². The predicted molar refractivity (Wildman–Crippen MR) is 95.3 cm³/mol. The summed E-state index contributed by atoms with van der Waals surface area (Å²) in [5.41, 5.74) is 2.00. The smallest absolute Gasteiger partial charge is 0.201 e. The summed E-state index contributed by atoms with van der Waals surface area (Å²) < 4.78 is 34.2. The fourth-order valence-electron chi connectivity index (χ4n) is 2.53. The molecule has 0 aliphatic heterocycles. The lowest BCUT2D eigenvalue weighted by Gasteiger charge is -2.15. The predicted octanol–water partition coefficient (Wildman–Crippen LogP) is 6.39. The molecule has 0 heterocycles. The standard InChI is InChI=1S/C21H26F2O/c1-14(2)5-6-16(4)13-24-19-12-11-18(20(22)21(19)23)17-9-7-15(3)8-10-17/h7-12,14,16H,5-6,13H2,1-4H3. The molecule has 2 aromatic carbocycles. The highest BCUT2D eigenvalue weighted by molar-refractivity contribution is 5.65. The van der Waals surface area contributed by atoms with E-state index in [1.807, 2.05) is 19.1 Å². The molecular weight excluding hydrogens is 306 g/mol. The van der Waals surface area contributed by atoms with Gasteiger partial charge in [-0.3, -0.25) is 0 Å². The quantitative estimate of drug-likeness (QED) is 0.570. The van der Waals surface area contributed by atoms with Crippen LogP contribution in [0.25, 0.3) is 11.1 Å². The third-order valence-electron chi connectivity index (χ3n) is 4.17. The summed E-state index contributed by atoms with van der Waals surface area (Å²) in [6, 6.07) is 10.4. The van der Waals surface area contributed by atoms with E-state index < -0.39 is 11.6 Å². The van der Waals surface area contributed by atoms with Crippen molar-refractivity contribution in [3.63, 3.8) is 0 Å². The van der Waals surface area contributed by atoms with E-state index in [0.29, 0.717) is 24.0 Å². The molecule has 0 amide bonds. The zero-order valence-electron chi connectivity index (χ0n) is 14.9. The fraction of sp³-hybridized carbons (Fsp3) is 0.429. The Morgan fingerprint density at radius 2 is 1.54 bits per heavy atom. The van der Waals surface area contributed by atoms with Crippen LogP contribution in [0, 0.1) is 30.4 Å². The van der Waals surface area contributed by atoms with Crippen LogP contribution in [0.3, 0.4) is 0 Å². The summed E-state index contributed by atoms with van der Waals surface area (Å²) >= 11 is 0. The molecule has 0 saturated carbocycles. The van der Waals surface area contributed by atoms with Crippen LogP contribution < -0.4 is 4.74 Å². The molecule has 0 radical (unpaired) electrons.